The number of nitrogens with one attached hydrogen (secondary N) is 1. The molecule has 0 bridgehead atoms. The van der Waals surface area contributed by atoms with Crippen LogP contribution in [-0.2, 0) is 6.54 Å². The number of halogens is 1. The zero-order valence-electron chi connectivity index (χ0n) is 10.9. The Morgan fingerprint density at radius 1 is 1.35 bits per heavy atom. The van der Waals surface area contributed by atoms with Crippen molar-refractivity contribution in [3.05, 3.63) is 35.7 Å². The smallest absolute Gasteiger partial charge is 0.318 e. The predicted octanol–water partition coefficient (Wildman–Crippen LogP) is 2.18. The van der Waals surface area contributed by atoms with Gasteiger partial charge in [0.15, 0.2) is 11.5 Å². The maximum Gasteiger partial charge on any atom is 0.318 e. The van der Waals surface area contributed by atoms with Crippen molar-refractivity contribution in [2.75, 3.05) is 19.9 Å². The van der Waals surface area contributed by atoms with Crippen LogP contribution in [-0.4, -0.2) is 30.8 Å². The summed E-state index contributed by atoms with van der Waals surface area (Å²) in [6.07, 6.45) is 2.07. The van der Waals surface area contributed by atoms with Gasteiger partial charge in [-0.25, -0.2) is 9.18 Å². The lowest BCUT2D eigenvalue weighted by atomic mass is 10.2. The summed E-state index contributed by atoms with van der Waals surface area (Å²) in [5.41, 5.74) is 0.913. The fourth-order valence-corrected chi connectivity index (χ4v) is 2.22. The zero-order valence-corrected chi connectivity index (χ0v) is 10.9. The van der Waals surface area contributed by atoms with Gasteiger partial charge in [-0.1, -0.05) is 6.07 Å². The topological polar surface area (TPSA) is 50.8 Å². The number of urea groups is 1. The minimum Gasteiger partial charge on any atom is -0.454 e. The van der Waals surface area contributed by atoms with E-state index in [1.165, 1.54) is 11.0 Å². The average molecular weight is 278 g/mol. The van der Waals surface area contributed by atoms with Crippen molar-refractivity contribution in [1.82, 2.24) is 10.2 Å². The summed E-state index contributed by atoms with van der Waals surface area (Å²) in [5.74, 6) is 1.14. The number of hydrogen-bond acceptors (Lipinski definition) is 3. The highest BCUT2D eigenvalue weighted by atomic mass is 19.1. The minimum atomic E-state index is -0.258. The Morgan fingerprint density at radius 3 is 3.05 bits per heavy atom. The number of rotatable bonds is 2. The number of nitrogens with zero attached hydrogens (tertiary/aromatic N) is 1. The quantitative estimate of drug-likeness (QED) is 0.902. The number of hydrogen-bond donors (Lipinski definition) is 1. The van der Waals surface area contributed by atoms with Crippen LogP contribution in [0.15, 0.2) is 30.1 Å². The van der Waals surface area contributed by atoms with Crippen molar-refractivity contribution in [3.63, 3.8) is 0 Å². The van der Waals surface area contributed by atoms with Gasteiger partial charge in [-0.2, -0.15) is 0 Å². The number of carbonyl (C=O) groups is 1. The molecule has 0 fully saturated rings. The van der Waals surface area contributed by atoms with Crippen molar-refractivity contribution in [1.29, 1.82) is 0 Å². The first-order valence-corrected chi connectivity index (χ1v) is 6.48. The normalized spacial score (nSPS) is 16.9. The SMILES string of the molecule is O=C(NCc1ccc2c(c1)OCO2)N1CCC=C(F)C1. The van der Waals surface area contributed by atoms with E-state index in [1.54, 1.807) is 0 Å². The van der Waals surface area contributed by atoms with E-state index < -0.39 is 0 Å². The maximum atomic E-state index is 13.1. The first-order chi connectivity index (χ1) is 9.72. The first kappa shape index (κ1) is 12.8. The van der Waals surface area contributed by atoms with Crippen molar-refractivity contribution < 1.29 is 18.7 Å². The fourth-order valence-electron chi connectivity index (χ4n) is 2.22. The highest BCUT2D eigenvalue weighted by Gasteiger charge is 2.18. The van der Waals surface area contributed by atoms with Gasteiger partial charge in [0, 0.05) is 13.1 Å². The lowest BCUT2D eigenvalue weighted by Gasteiger charge is -2.24. The van der Waals surface area contributed by atoms with Gasteiger partial charge in [0.25, 0.3) is 0 Å². The summed E-state index contributed by atoms with van der Waals surface area (Å²) in [4.78, 5) is 13.4. The predicted molar refractivity (Wildman–Crippen MR) is 70.2 cm³/mol. The maximum absolute atomic E-state index is 13.1. The third kappa shape index (κ3) is 2.68. The second kappa shape index (κ2) is 5.40. The van der Waals surface area contributed by atoms with Gasteiger partial charge in [-0.15, -0.1) is 0 Å². The van der Waals surface area contributed by atoms with Gasteiger partial charge in [-0.05, 0) is 30.2 Å². The zero-order chi connectivity index (χ0) is 13.9. The Hall–Kier alpha value is -2.24. The number of carbonyl (C=O) groups excluding carboxylic acids is 1. The Labute approximate surface area is 116 Å². The van der Waals surface area contributed by atoms with E-state index in [-0.39, 0.29) is 25.2 Å². The monoisotopic (exact) mass is 278 g/mol. The molecule has 20 heavy (non-hydrogen) atoms. The van der Waals surface area contributed by atoms with Crippen LogP contribution in [0.5, 0.6) is 11.5 Å². The van der Waals surface area contributed by atoms with E-state index in [0.29, 0.717) is 31.0 Å². The molecule has 106 valence electrons. The second-order valence-corrected chi connectivity index (χ2v) is 4.71. The average Bonchev–Trinajstić information content (AvgIpc) is 2.92. The highest BCUT2D eigenvalue weighted by molar-refractivity contribution is 5.74. The molecule has 2 aliphatic rings. The number of amides is 2. The van der Waals surface area contributed by atoms with Crippen LogP contribution in [0.25, 0.3) is 0 Å². The molecule has 1 aromatic carbocycles. The number of benzene rings is 1. The molecule has 3 rings (SSSR count). The molecular formula is C14H15FN2O3. The molecule has 2 amide bonds. The third-order valence-corrected chi connectivity index (χ3v) is 3.27. The van der Waals surface area contributed by atoms with E-state index in [9.17, 15) is 9.18 Å². The van der Waals surface area contributed by atoms with E-state index in [1.807, 2.05) is 18.2 Å². The molecular weight excluding hydrogens is 263 g/mol. The first-order valence-electron chi connectivity index (χ1n) is 6.48. The van der Waals surface area contributed by atoms with Crippen molar-refractivity contribution in [2.24, 2.45) is 0 Å². The molecule has 0 unspecified atom stereocenters. The van der Waals surface area contributed by atoms with Crippen molar-refractivity contribution >= 4 is 6.03 Å². The van der Waals surface area contributed by atoms with Gasteiger partial charge in [0.2, 0.25) is 6.79 Å². The Bertz CT molecular complexity index is 559. The van der Waals surface area contributed by atoms with Gasteiger partial charge in [0.1, 0.15) is 5.83 Å². The van der Waals surface area contributed by atoms with Crippen LogP contribution in [0.2, 0.25) is 0 Å². The molecule has 2 aliphatic heterocycles. The minimum absolute atomic E-state index is 0.0486. The standard InChI is InChI=1S/C14H15FN2O3/c15-11-2-1-5-17(8-11)14(18)16-7-10-3-4-12-13(6-10)20-9-19-12/h2-4,6H,1,5,7-9H2,(H,16,18). The van der Waals surface area contributed by atoms with Gasteiger partial charge in [0.05, 0.1) is 6.54 Å². The molecule has 0 atom stereocenters. The molecule has 6 heteroatoms. The van der Waals surface area contributed by atoms with Crippen molar-refractivity contribution in [3.8, 4) is 11.5 Å². The molecule has 1 aromatic rings. The fraction of sp³-hybridized carbons (Fsp3) is 0.357. The van der Waals surface area contributed by atoms with E-state index in [4.69, 9.17) is 9.47 Å². The molecule has 0 spiro atoms. The lowest BCUT2D eigenvalue weighted by molar-refractivity contribution is 0.174. The van der Waals surface area contributed by atoms with Gasteiger partial charge >= 0.3 is 6.03 Å². The summed E-state index contributed by atoms with van der Waals surface area (Å²) in [6.45, 7) is 1.19. The summed E-state index contributed by atoms with van der Waals surface area (Å²) < 4.78 is 23.6. The van der Waals surface area contributed by atoms with Crippen LogP contribution in [0.1, 0.15) is 12.0 Å². The van der Waals surface area contributed by atoms with Gasteiger partial charge in [-0.3, -0.25) is 0 Å². The van der Waals surface area contributed by atoms with Crippen LogP contribution in [0.3, 0.4) is 0 Å². The van der Waals surface area contributed by atoms with E-state index >= 15 is 0 Å². The summed E-state index contributed by atoms with van der Waals surface area (Å²) in [5, 5.41) is 2.78. The number of fused-ring (bicyclic) bond motifs is 1. The highest BCUT2D eigenvalue weighted by Crippen LogP contribution is 2.32. The van der Waals surface area contributed by atoms with Gasteiger partial charge < -0.3 is 19.7 Å². The summed E-state index contributed by atoms with van der Waals surface area (Å²) in [7, 11) is 0. The molecule has 2 heterocycles. The number of ether oxygens (including phenoxy) is 2. The Kier molecular flexibility index (Phi) is 3.45. The van der Waals surface area contributed by atoms with Crippen molar-refractivity contribution in [2.45, 2.75) is 13.0 Å². The van der Waals surface area contributed by atoms with Crippen LogP contribution < -0.4 is 14.8 Å². The molecule has 5 nitrogen and oxygen atoms in total. The van der Waals surface area contributed by atoms with E-state index in [2.05, 4.69) is 5.32 Å². The summed E-state index contributed by atoms with van der Waals surface area (Å²) in [6, 6.07) is 5.25. The lowest BCUT2D eigenvalue weighted by Crippen LogP contribution is -2.42. The summed E-state index contributed by atoms with van der Waals surface area (Å²) >= 11 is 0. The van der Waals surface area contributed by atoms with Crippen LogP contribution in [0.4, 0.5) is 9.18 Å². The molecule has 0 radical (unpaired) electrons. The largest absolute Gasteiger partial charge is 0.454 e. The van der Waals surface area contributed by atoms with Crippen LogP contribution >= 0.6 is 0 Å². The molecule has 0 aliphatic carbocycles. The Morgan fingerprint density at radius 2 is 2.20 bits per heavy atom. The molecule has 0 aromatic heterocycles. The third-order valence-electron chi connectivity index (χ3n) is 3.27. The second-order valence-electron chi connectivity index (χ2n) is 4.71. The Balaban J connectivity index is 1.56. The molecule has 0 saturated carbocycles. The van der Waals surface area contributed by atoms with Crippen LogP contribution in [0, 0.1) is 0 Å². The molecule has 0 saturated heterocycles. The molecule has 1 N–H and O–H groups in total. The van der Waals surface area contributed by atoms with E-state index in [0.717, 1.165) is 5.56 Å².